The molecule has 0 radical (unpaired) electrons. The molecule has 0 aromatic heterocycles. The zero-order chi connectivity index (χ0) is 14.8. The highest BCUT2D eigenvalue weighted by molar-refractivity contribution is 8.77. The van der Waals surface area contributed by atoms with Gasteiger partial charge in [-0.05, 0) is 0 Å². The van der Waals surface area contributed by atoms with Crippen molar-refractivity contribution in [2.24, 2.45) is 5.41 Å². The first kappa shape index (κ1) is 15.5. The number of hydrogen-bond donors (Lipinski definition) is 2. The summed E-state index contributed by atoms with van der Waals surface area (Å²) in [5.74, 6) is -3.23. The van der Waals surface area contributed by atoms with Gasteiger partial charge in [-0.2, -0.15) is 0 Å². The normalized spacial score (nSPS) is 17.2. The predicted molar refractivity (Wildman–Crippen MR) is 73.1 cm³/mol. The van der Waals surface area contributed by atoms with Gasteiger partial charge in [0.2, 0.25) is 0 Å². The summed E-state index contributed by atoms with van der Waals surface area (Å²) >= 11 is 0. The van der Waals surface area contributed by atoms with E-state index < -0.39 is 34.3 Å². The molecule has 1 saturated heterocycles. The number of carbonyl (C=O) groups excluding carboxylic acids is 1. The molecule has 1 aliphatic rings. The van der Waals surface area contributed by atoms with Gasteiger partial charge in [0, 0.05) is 35.6 Å². The maximum absolute atomic E-state index is 13.4. The van der Waals surface area contributed by atoms with E-state index in [0.717, 1.165) is 0 Å². The maximum atomic E-state index is 13.4. The van der Waals surface area contributed by atoms with E-state index in [1.54, 1.807) is 21.6 Å². The zero-order valence-corrected chi connectivity index (χ0v) is 11.9. The lowest BCUT2D eigenvalue weighted by atomic mass is 9.94. The highest BCUT2D eigenvalue weighted by Crippen LogP contribution is 2.42. The van der Waals surface area contributed by atoms with Crippen LogP contribution in [0.25, 0.3) is 0 Å². The van der Waals surface area contributed by atoms with Crippen molar-refractivity contribution in [1.29, 1.82) is 0 Å². The largest absolute Gasteiger partial charge is 0.396 e. The summed E-state index contributed by atoms with van der Waals surface area (Å²) in [5.41, 5.74) is -1.30. The summed E-state index contributed by atoms with van der Waals surface area (Å²) in [5, 5.41) is 11.8. The number of amides is 1. The van der Waals surface area contributed by atoms with Crippen molar-refractivity contribution in [1.82, 2.24) is 5.32 Å². The van der Waals surface area contributed by atoms with Crippen molar-refractivity contribution in [3.63, 3.8) is 0 Å². The fourth-order valence-corrected chi connectivity index (χ4v) is 5.13. The third kappa shape index (κ3) is 3.24. The SMILES string of the molecule is O=C(NCC1(CO)CSSC1)c1c(F)cc(F)cc1F. The maximum Gasteiger partial charge on any atom is 0.257 e. The average Bonchev–Trinajstić information content (AvgIpc) is 2.84. The fraction of sp³-hybridized carbons (Fsp3) is 0.417. The first-order valence-corrected chi connectivity index (χ1v) is 8.24. The van der Waals surface area contributed by atoms with Crippen LogP contribution in [0.3, 0.4) is 0 Å². The summed E-state index contributed by atoms with van der Waals surface area (Å²) in [6.07, 6.45) is 0. The van der Waals surface area contributed by atoms with Crippen LogP contribution in [0.1, 0.15) is 10.4 Å². The van der Waals surface area contributed by atoms with Crippen LogP contribution in [0.5, 0.6) is 0 Å². The number of aliphatic hydroxyl groups excluding tert-OH is 1. The summed E-state index contributed by atoms with van der Waals surface area (Å²) < 4.78 is 39.7. The van der Waals surface area contributed by atoms with E-state index in [9.17, 15) is 23.1 Å². The second-order valence-electron chi connectivity index (χ2n) is 4.61. The number of benzene rings is 1. The Morgan fingerprint density at radius 3 is 2.30 bits per heavy atom. The Kier molecular flexibility index (Phi) is 4.87. The van der Waals surface area contributed by atoms with Crippen molar-refractivity contribution in [3.05, 3.63) is 35.1 Å². The van der Waals surface area contributed by atoms with Crippen LogP contribution in [-0.2, 0) is 0 Å². The van der Waals surface area contributed by atoms with E-state index in [0.29, 0.717) is 23.6 Å². The Balaban J connectivity index is 2.09. The Hall–Kier alpha value is -0.860. The second-order valence-corrected chi connectivity index (χ2v) is 7.07. The van der Waals surface area contributed by atoms with Crippen molar-refractivity contribution < 1.29 is 23.1 Å². The van der Waals surface area contributed by atoms with Crippen LogP contribution in [0.4, 0.5) is 13.2 Å². The fourth-order valence-electron chi connectivity index (χ4n) is 1.74. The lowest BCUT2D eigenvalue weighted by Gasteiger charge is -2.24. The van der Waals surface area contributed by atoms with E-state index in [1.807, 2.05) is 0 Å². The first-order valence-electron chi connectivity index (χ1n) is 5.75. The van der Waals surface area contributed by atoms with Crippen LogP contribution in [0, 0.1) is 22.9 Å². The number of hydrogen-bond acceptors (Lipinski definition) is 4. The third-order valence-corrected chi connectivity index (χ3v) is 5.84. The van der Waals surface area contributed by atoms with E-state index in [1.165, 1.54) is 0 Å². The highest BCUT2D eigenvalue weighted by Gasteiger charge is 2.35. The molecular formula is C12H12F3NO2S2. The van der Waals surface area contributed by atoms with Crippen LogP contribution in [0.15, 0.2) is 12.1 Å². The van der Waals surface area contributed by atoms with Crippen LogP contribution in [0.2, 0.25) is 0 Å². The van der Waals surface area contributed by atoms with Gasteiger partial charge in [0.25, 0.3) is 5.91 Å². The van der Waals surface area contributed by atoms with Crippen molar-refractivity contribution in [3.8, 4) is 0 Å². The quantitative estimate of drug-likeness (QED) is 0.834. The minimum absolute atomic E-state index is 0.110. The molecule has 0 spiro atoms. The van der Waals surface area contributed by atoms with Gasteiger partial charge in [-0.15, -0.1) is 0 Å². The van der Waals surface area contributed by atoms with E-state index in [-0.39, 0.29) is 13.2 Å². The molecule has 1 fully saturated rings. The van der Waals surface area contributed by atoms with Gasteiger partial charge < -0.3 is 10.4 Å². The molecule has 1 aromatic rings. The number of rotatable bonds is 4. The minimum Gasteiger partial charge on any atom is -0.396 e. The van der Waals surface area contributed by atoms with Gasteiger partial charge >= 0.3 is 0 Å². The average molecular weight is 323 g/mol. The molecule has 0 saturated carbocycles. The topological polar surface area (TPSA) is 49.3 Å². The molecule has 1 amide bonds. The molecule has 0 unspecified atom stereocenters. The molecule has 1 heterocycles. The molecule has 8 heteroatoms. The van der Waals surface area contributed by atoms with Gasteiger partial charge in [-0.1, -0.05) is 21.6 Å². The zero-order valence-electron chi connectivity index (χ0n) is 10.3. The van der Waals surface area contributed by atoms with Gasteiger partial charge in [0.05, 0.1) is 6.61 Å². The Labute approximate surface area is 121 Å². The van der Waals surface area contributed by atoms with E-state index >= 15 is 0 Å². The number of halogens is 3. The van der Waals surface area contributed by atoms with E-state index in [4.69, 9.17) is 0 Å². The second kappa shape index (κ2) is 6.28. The molecule has 0 atom stereocenters. The molecule has 1 aliphatic heterocycles. The standard InChI is InChI=1S/C12H12F3NO2S2/c13-7-1-8(14)10(9(15)2-7)11(18)16-3-12(4-17)5-19-20-6-12/h1-2,17H,3-6H2,(H,16,18). The highest BCUT2D eigenvalue weighted by atomic mass is 33.1. The first-order chi connectivity index (χ1) is 9.47. The Bertz CT molecular complexity index is 498. The summed E-state index contributed by atoms with van der Waals surface area (Å²) in [6, 6.07) is 0.919. The molecular weight excluding hydrogens is 311 g/mol. The summed E-state index contributed by atoms with van der Waals surface area (Å²) in [6.45, 7) is -0.0136. The molecule has 2 N–H and O–H groups in total. The van der Waals surface area contributed by atoms with Gasteiger partial charge in [-0.25, -0.2) is 13.2 Å². The molecule has 20 heavy (non-hydrogen) atoms. The Morgan fingerprint density at radius 1 is 1.25 bits per heavy atom. The lowest BCUT2D eigenvalue weighted by molar-refractivity contribution is 0.0909. The van der Waals surface area contributed by atoms with Crippen molar-refractivity contribution >= 4 is 27.5 Å². The molecule has 0 bridgehead atoms. The third-order valence-electron chi connectivity index (χ3n) is 3.01. The number of aliphatic hydroxyl groups is 1. The monoisotopic (exact) mass is 323 g/mol. The van der Waals surface area contributed by atoms with Crippen LogP contribution in [-0.4, -0.2) is 35.7 Å². The van der Waals surface area contributed by atoms with Gasteiger partial charge in [0.15, 0.2) is 0 Å². The molecule has 110 valence electrons. The number of nitrogens with one attached hydrogen (secondary N) is 1. The van der Waals surface area contributed by atoms with E-state index in [2.05, 4.69) is 5.32 Å². The minimum atomic E-state index is -1.24. The van der Waals surface area contributed by atoms with Crippen LogP contribution >= 0.6 is 21.6 Å². The smallest absolute Gasteiger partial charge is 0.257 e. The summed E-state index contributed by atoms with van der Waals surface area (Å²) in [7, 11) is 3.14. The van der Waals surface area contributed by atoms with Crippen molar-refractivity contribution in [2.45, 2.75) is 0 Å². The van der Waals surface area contributed by atoms with Crippen LogP contribution < -0.4 is 5.32 Å². The lowest BCUT2D eigenvalue weighted by Crippen LogP contribution is -2.42. The molecule has 0 aliphatic carbocycles. The van der Waals surface area contributed by atoms with Crippen molar-refractivity contribution in [2.75, 3.05) is 24.7 Å². The van der Waals surface area contributed by atoms with Gasteiger partial charge in [-0.3, -0.25) is 4.79 Å². The number of carbonyl (C=O) groups is 1. The Morgan fingerprint density at radius 2 is 1.80 bits per heavy atom. The van der Waals surface area contributed by atoms with Gasteiger partial charge in [0.1, 0.15) is 23.0 Å². The predicted octanol–water partition coefficient (Wildman–Crippen LogP) is 2.21. The molecule has 3 nitrogen and oxygen atoms in total. The molecule has 1 aromatic carbocycles. The summed E-state index contributed by atoms with van der Waals surface area (Å²) in [4.78, 5) is 11.8. The molecule has 2 rings (SSSR count).